The minimum Gasteiger partial charge on any atom is -0.455 e. The van der Waals surface area contributed by atoms with Crippen LogP contribution in [0.1, 0.15) is 13.9 Å². The van der Waals surface area contributed by atoms with Crippen LogP contribution in [-0.4, -0.2) is 4.98 Å². The van der Waals surface area contributed by atoms with E-state index < -0.39 is 6.37 Å². The van der Waals surface area contributed by atoms with E-state index in [2.05, 4.69) is 4.98 Å². The second-order valence-corrected chi connectivity index (χ2v) is 7.92. The second kappa shape index (κ2) is 8.03. The van der Waals surface area contributed by atoms with Crippen LogP contribution in [0.5, 0.6) is 0 Å². The van der Waals surface area contributed by atoms with Crippen LogP contribution in [0.25, 0.3) is 44.3 Å². The van der Waals surface area contributed by atoms with Crippen LogP contribution in [0.4, 0.5) is 4.39 Å². The van der Waals surface area contributed by atoms with Gasteiger partial charge in [-0.15, -0.1) is 0 Å². The van der Waals surface area contributed by atoms with Gasteiger partial charge in [0.1, 0.15) is 17.0 Å². The summed E-state index contributed by atoms with van der Waals surface area (Å²) in [6.07, 6.45) is 0.0876. The minimum atomic E-state index is -1.65. The summed E-state index contributed by atoms with van der Waals surface area (Å²) in [5, 5.41) is 1.86. The molecule has 2 aromatic heterocycles. The van der Waals surface area contributed by atoms with Gasteiger partial charge in [-0.2, -0.15) is 0 Å². The van der Waals surface area contributed by atoms with Crippen LogP contribution >= 0.6 is 0 Å². The van der Waals surface area contributed by atoms with E-state index in [4.69, 9.17) is 7.16 Å². The Hall–Kier alpha value is -4.24. The molecule has 6 aromatic rings. The zero-order valence-electron chi connectivity index (χ0n) is 19.6. The number of hydrogen-bond donors (Lipinski definition) is 0. The molecule has 6 rings (SSSR count). The highest BCUT2D eigenvalue weighted by atomic mass is 19.1. The highest BCUT2D eigenvalue weighted by Crippen LogP contribution is 2.36. The van der Waals surface area contributed by atoms with Crippen molar-refractivity contribution in [1.82, 2.24) is 4.98 Å². The summed E-state index contributed by atoms with van der Waals surface area (Å²) in [5.41, 5.74) is 5.88. The number of fused-ring (bicyclic) bond motifs is 3. The molecule has 0 atom stereocenters. The van der Waals surface area contributed by atoms with Gasteiger partial charge in [-0.1, -0.05) is 66.7 Å². The SMILES string of the molecule is [2H]C([2H])(c1ccccc1)c1ccc2c(c1)oc1c(-c3cc(-c4ccc(F)cc4)ccn3)cccc12. The molecule has 0 radical (unpaired) electrons. The first-order valence-corrected chi connectivity index (χ1v) is 10.7. The molecule has 0 saturated carbocycles. The van der Waals surface area contributed by atoms with E-state index in [9.17, 15) is 4.39 Å². The smallest absolute Gasteiger partial charge is 0.144 e. The molecule has 0 saturated heterocycles. The molecule has 2 heterocycles. The van der Waals surface area contributed by atoms with Gasteiger partial charge in [0.05, 0.1) is 5.69 Å². The number of nitrogens with zero attached hydrogens (tertiary/aromatic N) is 1. The second-order valence-electron chi connectivity index (χ2n) is 7.92. The number of aromatic nitrogens is 1. The lowest BCUT2D eigenvalue weighted by atomic mass is 10.0. The predicted molar refractivity (Wildman–Crippen MR) is 132 cm³/mol. The van der Waals surface area contributed by atoms with Crippen molar-refractivity contribution < 1.29 is 11.5 Å². The summed E-state index contributed by atoms with van der Waals surface area (Å²) in [6, 6.07) is 30.9. The Morgan fingerprint density at radius 2 is 1.58 bits per heavy atom. The fourth-order valence-electron chi connectivity index (χ4n) is 4.17. The van der Waals surface area contributed by atoms with Gasteiger partial charge in [0, 0.05) is 25.3 Å². The molecule has 33 heavy (non-hydrogen) atoms. The molecule has 4 aromatic carbocycles. The Bertz CT molecular complexity index is 1670. The molecule has 0 unspecified atom stereocenters. The number of rotatable bonds is 4. The van der Waals surface area contributed by atoms with E-state index in [0.29, 0.717) is 22.3 Å². The molecule has 0 aliphatic heterocycles. The maximum atomic E-state index is 13.4. The van der Waals surface area contributed by atoms with Crippen molar-refractivity contribution >= 4 is 21.9 Å². The molecule has 0 bridgehead atoms. The average Bonchev–Trinajstić information content (AvgIpc) is 3.28. The van der Waals surface area contributed by atoms with Crippen molar-refractivity contribution in [3.8, 4) is 22.4 Å². The van der Waals surface area contributed by atoms with Crippen molar-refractivity contribution in [3.05, 3.63) is 126 Å². The third-order valence-electron chi connectivity index (χ3n) is 5.77. The zero-order chi connectivity index (χ0) is 24.0. The van der Waals surface area contributed by atoms with Crippen LogP contribution in [0.2, 0.25) is 0 Å². The van der Waals surface area contributed by atoms with Gasteiger partial charge in [-0.3, -0.25) is 4.98 Å². The minimum absolute atomic E-state index is 0.272. The van der Waals surface area contributed by atoms with E-state index in [1.807, 2.05) is 60.7 Å². The van der Waals surface area contributed by atoms with Crippen LogP contribution in [0, 0.1) is 5.82 Å². The Labute approximate surface area is 193 Å². The summed E-state index contributed by atoms with van der Waals surface area (Å²) >= 11 is 0. The molecule has 0 amide bonds. The molecular formula is C30H20FNO. The van der Waals surface area contributed by atoms with Crippen LogP contribution in [0.15, 0.2) is 114 Å². The summed E-state index contributed by atoms with van der Waals surface area (Å²) in [7, 11) is 0. The lowest BCUT2D eigenvalue weighted by Gasteiger charge is -2.06. The highest BCUT2D eigenvalue weighted by Gasteiger charge is 2.14. The zero-order valence-corrected chi connectivity index (χ0v) is 17.6. The van der Waals surface area contributed by atoms with Crippen molar-refractivity contribution in [2.75, 3.05) is 0 Å². The Morgan fingerprint density at radius 3 is 2.42 bits per heavy atom. The van der Waals surface area contributed by atoms with Gasteiger partial charge in [0.15, 0.2) is 0 Å². The number of pyridine rings is 1. The van der Waals surface area contributed by atoms with Crippen LogP contribution < -0.4 is 0 Å². The van der Waals surface area contributed by atoms with Crippen molar-refractivity contribution in [3.63, 3.8) is 0 Å². The third-order valence-corrected chi connectivity index (χ3v) is 5.77. The lowest BCUT2D eigenvalue weighted by molar-refractivity contribution is 0.628. The van der Waals surface area contributed by atoms with E-state index in [1.54, 1.807) is 36.5 Å². The topological polar surface area (TPSA) is 26.0 Å². The molecule has 2 nitrogen and oxygen atoms in total. The molecule has 0 aliphatic rings. The van der Waals surface area contributed by atoms with E-state index in [0.717, 1.165) is 33.2 Å². The van der Waals surface area contributed by atoms with Gasteiger partial charge in [-0.05, 0) is 65.0 Å². The van der Waals surface area contributed by atoms with Crippen molar-refractivity contribution in [2.45, 2.75) is 6.37 Å². The van der Waals surface area contributed by atoms with E-state index in [-0.39, 0.29) is 5.82 Å². The number of hydrogen-bond acceptors (Lipinski definition) is 2. The predicted octanol–water partition coefficient (Wildman–Crippen LogP) is 8.04. The number of halogens is 1. The van der Waals surface area contributed by atoms with Gasteiger partial charge in [0.2, 0.25) is 0 Å². The fraction of sp³-hybridized carbons (Fsp3) is 0.0333. The molecule has 158 valence electrons. The maximum Gasteiger partial charge on any atom is 0.144 e. The molecule has 3 heteroatoms. The maximum absolute atomic E-state index is 13.4. The number of benzene rings is 4. The van der Waals surface area contributed by atoms with Crippen molar-refractivity contribution in [1.29, 1.82) is 0 Å². The van der Waals surface area contributed by atoms with Gasteiger partial charge < -0.3 is 4.42 Å². The summed E-state index contributed by atoms with van der Waals surface area (Å²) in [6.45, 7) is 0. The molecular weight excluding hydrogens is 409 g/mol. The van der Waals surface area contributed by atoms with E-state index in [1.165, 1.54) is 12.1 Å². The van der Waals surface area contributed by atoms with E-state index >= 15 is 0 Å². The van der Waals surface area contributed by atoms with Crippen molar-refractivity contribution in [2.24, 2.45) is 0 Å². The first-order valence-electron chi connectivity index (χ1n) is 11.7. The van der Waals surface area contributed by atoms with Gasteiger partial charge >= 0.3 is 0 Å². The van der Waals surface area contributed by atoms with Crippen LogP contribution in [-0.2, 0) is 6.37 Å². The Morgan fingerprint density at radius 1 is 0.727 bits per heavy atom. The first kappa shape index (κ1) is 17.3. The summed E-state index contributed by atoms with van der Waals surface area (Å²) in [4.78, 5) is 4.58. The molecule has 0 fully saturated rings. The Kier molecular flexibility index (Phi) is 4.22. The number of furan rings is 1. The molecule has 0 spiro atoms. The van der Waals surface area contributed by atoms with Gasteiger partial charge in [0.25, 0.3) is 0 Å². The fourth-order valence-corrected chi connectivity index (χ4v) is 4.17. The quantitative estimate of drug-likeness (QED) is 0.282. The molecule has 0 aliphatic carbocycles. The highest BCUT2D eigenvalue weighted by molar-refractivity contribution is 6.09. The number of para-hydroxylation sites is 1. The average molecular weight is 432 g/mol. The monoisotopic (exact) mass is 431 g/mol. The molecule has 0 N–H and O–H groups in total. The van der Waals surface area contributed by atoms with Crippen LogP contribution in [0.3, 0.4) is 0 Å². The Balaban J connectivity index is 1.47. The first-order chi connectivity index (χ1) is 17.0. The summed E-state index contributed by atoms with van der Waals surface area (Å²) in [5.74, 6) is -0.272. The largest absolute Gasteiger partial charge is 0.455 e. The third kappa shape index (κ3) is 3.68. The van der Waals surface area contributed by atoms with Gasteiger partial charge in [-0.25, -0.2) is 4.39 Å². The standard InChI is InChI=1S/C30H20FNO/c31-24-12-10-22(11-13-24)23-15-16-32-28(19-23)27-8-4-7-26-25-14-9-21(18-29(25)33-30(26)27)17-20-5-2-1-3-6-20/h1-16,18-19H,17H2/i17D2. The summed E-state index contributed by atoms with van der Waals surface area (Å²) < 4.78 is 37.1. The normalized spacial score (nSPS) is 12.6. The lowest BCUT2D eigenvalue weighted by Crippen LogP contribution is -1.86.